The van der Waals surface area contributed by atoms with Gasteiger partial charge in [-0.2, -0.15) is 0 Å². The van der Waals surface area contributed by atoms with Gasteiger partial charge in [0.2, 0.25) is 5.75 Å². The highest BCUT2D eigenvalue weighted by Gasteiger charge is 2.24. The van der Waals surface area contributed by atoms with Gasteiger partial charge < -0.3 is 29.6 Å². The van der Waals surface area contributed by atoms with Gasteiger partial charge in [-0.05, 0) is 37.5 Å². The highest BCUT2D eigenvalue weighted by atomic mass is 16.5. The van der Waals surface area contributed by atoms with E-state index in [4.69, 9.17) is 18.9 Å². The van der Waals surface area contributed by atoms with Crippen LogP contribution in [0, 0.1) is 0 Å². The maximum atomic E-state index is 12.8. The Bertz CT molecular complexity index is 1260. The van der Waals surface area contributed by atoms with Crippen molar-refractivity contribution < 1.29 is 33.3 Å². The molecule has 2 N–H and O–H groups in total. The normalized spacial score (nSPS) is 11.3. The lowest BCUT2D eigenvalue weighted by atomic mass is 10.1. The third kappa shape index (κ3) is 7.69. The Kier molecular flexibility index (Phi) is 10.7. The van der Waals surface area contributed by atoms with E-state index in [-0.39, 0.29) is 42.6 Å². The third-order valence-corrected chi connectivity index (χ3v) is 5.79. The second-order valence-corrected chi connectivity index (χ2v) is 8.31. The van der Waals surface area contributed by atoms with Gasteiger partial charge >= 0.3 is 5.97 Å². The average Bonchev–Trinajstić information content (AvgIpc) is 3.43. The third-order valence-electron chi connectivity index (χ3n) is 5.79. The second-order valence-electron chi connectivity index (χ2n) is 8.31. The molecule has 0 fully saturated rings. The number of ether oxygens (including phenoxy) is 4. The number of benzene rings is 2. The van der Waals surface area contributed by atoms with Crippen molar-refractivity contribution in [3.63, 3.8) is 0 Å². The van der Waals surface area contributed by atoms with Gasteiger partial charge in [0.25, 0.3) is 11.8 Å². The smallest absolute Gasteiger partial charge is 0.328 e. The summed E-state index contributed by atoms with van der Waals surface area (Å²) in [5.41, 5.74) is 1.35. The van der Waals surface area contributed by atoms with E-state index >= 15 is 0 Å². The van der Waals surface area contributed by atoms with Crippen molar-refractivity contribution in [2.75, 3.05) is 34.5 Å². The molecule has 2 amide bonds. The molecule has 0 bridgehead atoms. The SMILES string of the molecule is CCOC(=O)[C@H](CCc1ccccc1)NC(=O)c1cn(CCNC(=O)c2ccc(OC)c(OC)c2OC)nn1. The highest BCUT2D eigenvalue weighted by molar-refractivity contribution is 5.98. The van der Waals surface area contributed by atoms with Crippen LogP contribution >= 0.6 is 0 Å². The molecule has 0 aliphatic heterocycles. The van der Waals surface area contributed by atoms with Gasteiger partial charge in [0.15, 0.2) is 17.2 Å². The molecule has 12 nitrogen and oxygen atoms in total. The molecule has 0 aliphatic rings. The minimum atomic E-state index is -0.835. The molecule has 3 aromatic rings. The van der Waals surface area contributed by atoms with Gasteiger partial charge in [-0.3, -0.25) is 9.59 Å². The molecular formula is C27H33N5O7. The van der Waals surface area contributed by atoms with Crippen LogP contribution in [-0.2, 0) is 22.5 Å². The summed E-state index contributed by atoms with van der Waals surface area (Å²) in [6.07, 6.45) is 2.40. The lowest BCUT2D eigenvalue weighted by Gasteiger charge is -2.16. The van der Waals surface area contributed by atoms with Crippen molar-refractivity contribution in [2.45, 2.75) is 32.4 Å². The molecule has 1 heterocycles. The number of hydrogen-bond donors (Lipinski definition) is 2. The number of aryl methyl sites for hydroxylation is 1. The largest absolute Gasteiger partial charge is 0.493 e. The summed E-state index contributed by atoms with van der Waals surface area (Å²) in [5, 5.41) is 13.3. The fraction of sp³-hybridized carbons (Fsp3) is 0.370. The Morgan fingerprint density at radius 2 is 1.69 bits per heavy atom. The lowest BCUT2D eigenvalue weighted by Crippen LogP contribution is -2.42. The summed E-state index contributed by atoms with van der Waals surface area (Å²) in [4.78, 5) is 38.0. The minimum absolute atomic E-state index is 0.0388. The van der Waals surface area contributed by atoms with E-state index in [1.807, 2.05) is 30.3 Å². The van der Waals surface area contributed by atoms with Gasteiger partial charge in [0.05, 0.1) is 46.2 Å². The van der Waals surface area contributed by atoms with Crippen molar-refractivity contribution >= 4 is 17.8 Å². The Morgan fingerprint density at radius 3 is 2.36 bits per heavy atom. The summed E-state index contributed by atoms with van der Waals surface area (Å²) >= 11 is 0. The van der Waals surface area contributed by atoms with Gasteiger partial charge in [0, 0.05) is 6.54 Å². The van der Waals surface area contributed by atoms with Crippen molar-refractivity contribution in [1.82, 2.24) is 25.6 Å². The molecule has 12 heteroatoms. The number of nitrogens with one attached hydrogen (secondary N) is 2. The quantitative estimate of drug-likeness (QED) is 0.294. The van der Waals surface area contributed by atoms with E-state index in [1.54, 1.807) is 19.1 Å². The standard InChI is InChI=1S/C27H33N5O7/c1-5-39-27(35)20(13-11-18-9-7-6-8-10-18)29-26(34)21-17-32(31-30-21)16-15-28-25(33)19-12-14-22(36-2)24(38-4)23(19)37-3/h6-10,12,14,17,20H,5,11,13,15-16H2,1-4H3,(H,28,33)(H,29,34)/t20-/m0/s1. The predicted octanol–water partition coefficient (Wildman–Crippen LogP) is 2.03. The fourth-order valence-electron chi connectivity index (χ4n) is 3.85. The number of hydrogen-bond acceptors (Lipinski definition) is 9. The molecular weight excluding hydrogens is 506 g/mol. The lowest BCUT2D eigenvalue weighted by molar-refractivity contribution is -0.145. The Hall–Kier alpha value is -4.61. The summed E-state index contributed by atoms with van der Waals surface area (Å²) in [5.74, 6) is -0.456. The van der Waals surface area contributed by atoms with Crippen LogP contribution in [0.25, 0.3) is 0 Å². The number of methoxy groups -OCH3 is 3. The Labute approximate surface area is 226 Å². The number of esters is 1. The number of carbonyl (C=O) groups is 3. The molecule has 0 saturated carbocycles. The first-order valence-corrected chi connectivity index (χ1v) is 12.4. The predicted molar refractivity (Wildman–Crippen MR) is 141 cm³/mol. The number of amides is 2. The van der Waals surface area contributed by atoms with Crippen molar-refractivity contribution in [3.05, 3.63) is 65.5 Å². The topological polar surface area (TPSA) is 143 Å². The Morgan fingerprint density at radius 1 is 0.949 bits per heavy atom. The van der Waals surface area contributed by atoms with Crippen molar-refractivity contribution in [3.8, 4) is 17.2 Å². The van der Waals surface area contributed by atoms with E-state index in [2.05, 4.69) is 20.9 Å². The van der Waals surface area contributed by atoms with Crippen LogP contribution in [0.5, 0.6) is 17.2 Å². The molecule has 0 spiro atoms. The molecule has 39 heavy (non-hydrogen) atoms. The first kappa shape index (κ1) is 29.0. The molecule has 1 aromatic heterocycles. The molecule has 0 saturated heterocycles. The molecule has 0 unspecified atom stereocenters. The zero-order chi connectivity index (χ0) is 28.2. The monoisotopic (exact) mass is 539 g/mol. The molecule has 3 rings (SSSR count). The molecule has 2 aromatic carbocycles. The maximum absolute atomic E-state index is 12.8. The van der Waals surface area contributed by atoms with Crippen LogP contribution in [0.1, 0.15) is 39.8 Å². The first-order valence-electron chi connectivity index (χ1n) is 12.4. The highest BCUT2D eigenvalue weighted by Crippen LogP contribution is 2.39. The van der Waals surface area contributed by atoms with Gasteiger partial charge in [0.1, 0.15) is 6.04 Å². The van der Waals surface area contributed by atoms with E-state index < -0.39 is 17.9 Å². The van der Waals surface area contributed by atoms with E-state index in [0.717, 1.165) is 5.56 Å². The number of aromatic nitrogens is 3. The summed E-state index contributed by atoms with van der Waals surface area (Å²) in [6, 6.07) is 12.0. The fourth-order valence-corrected chi connectivity index (χ4v) is 3.85. The van der Waals surface area contributed by atoms with Crippen molar-refractivity contribution in [1.29, 1.82) is 0 Å². The van der Waals surface area contributed by atoms with Crippen LogP contribution in [-0.4, -0.2) is 73.3 Å². The van der Waals surface area contributed by atoms with Crippen molar-refractivity contribution in [2.24, 2.45) is 0 Å². The molecule has 0 radical (unpaired) electrons. The minimum Gasteiger partial charge on any atom is -0.493 e. The zero-order valence-electron chi connectivity index (χ0n) is 22.4. The summed E-state index contributed by atoms with van der Waals surface area (Å²) in [6.45, 7) is 2.35. The maximum Gasteiger partial charge on any atom is 0.328 e. The molecule has 208 valence electrons. The van der Waals surface area contributed by atoms with Crippen LogP contribution in [0.2, 0.25) is 0 Å². The van der Waals surface area contributed by atoms with E-state index in [1.165, 1.54) is 32.2 Å². The van der Waals surface area contributed by atoms with Gasteiger partial charge in [-0.1, -0.05) is 35.5 Å². The summed E-state index contributed by atoms with van der Waals surface area (Å²) < 4.78 is 22.5. The van der Waals surface area contributed by atoms with Crippen LogP contribution in [0.3, 0.4) is 0 Å². The second kappa shape index (κ2) is 14.4. The van der Waals surface area contributed by atoms with Crippen LogP contribution < -0.4 is 24.8 Å². The van der Waals surface area contributed by atoms with Crippen LogP contribution in [0.4, 0.5) is 0 Å². The van der Waals surface area contributed by atoms with Gasteiger partial charge in [-0.25, -0.2) is 9.48 Å². The van der Waals surface area contributed by atoms with E-state index in [9.17, 15) is 14.4 Å². The Balaban J connectivity index is 1.58. The molecule has 1 atom stereocenters. The number of rotatable bonds is 14. The number of nitrogens with zero attached hydrogens (tertiary/aromatic N) is 3. The zero-order valence-corrected chi connectivity index (χ0v) is 22.4. The number of carbonyl (C=O) groups excluding carboxylic acids is 3. The van der Waals surface area contributed by atoms with Gasteiger partial charge in [-0.15, -0.1) is 5.10 Å². The van der Waals surface area contributed by atoms with E-state index in [0.29, 0.717) is 24.3 Å². The average molecular weight is 540 g/mol. The first-order chi connectivity index (χ1) is 18.9. The summed E-state index contributed by atoms with van der Waals surface area (Å²) in [7, 11) is 4.38. The molecule has 0 aliphatic carbocycles. The van der Waals surface area contributed by atoms with Crippen LogP contribution in [0.15, 0.2) is 48.7 Å².